The highest BCUT2D eigenvalue weighted by molar-refractivity contribution is 7.91. The Morgan fingerprint density at radius 1 is 0.915 bits per heavy atom. The van der Waals surface area contributed by atoms with Gasteiger partial charge in [-0.3, -0.25) is 19.4 Å². The van der Waals surface area contributed by atoms with Crippen LogP contribution < -0.4 is 15.8 Å². The van der Waals surface area contributed by atoms with Gasteiger partial charge in [-0.15, -0.1) is 0 Å². The van der Waals surface area contributed by atoms with E-state index in [0.717, 1.165) is 5.56 Å². The van der Waals surface area contributed by atoms with Crippen LogP contribution in [0.4, 0.5) is 11.4 Å². The molecule has 1 heterocycles. The van der Waals surface area contributed by atoms with Crippen LogP contribution >= 0.6 is 0 Å². The topological polar surface area (TPSA) is 149 Å². The summed E-state index contributed by atoms with van der Waals surface area (Å²) in [5, 5.41) is 3.61. The average molecular weight is 651 g/mol. The van der Waals surface area contributed by atoms with E-state index in [1.165, 1.54) is 43.3 Å². The van der Waals surface area contributed by atoms with Gasteiger partial charge in [0.1, 0.15) is 11.5 Å². The number of ether oxygens (including phenoxy) is 1. The molecule has 0 fully saturated rings. The smallest absolute Gasteiger partial charge is 0.253 e. The second kappa shape index (κ2) is 13.4. The molecule has 1 aromatic heterocycles. The van der Waals surface area contributed by atoms with Crippen LogP contribution in [0.25, 0.3) is 10.9 Å². The second-order valence-corrected chi connectivity index (χ2v) is 13.2. The van der Waals surface area contributed by atoms with E-state index in [-0.39, 0.29) is 40.0 Å². The number of rotatable bonds is 11. The summed E-state index contributed by atoms with van der Waals surface area (Å²) in [6.45, 7) is 3.39. The molecule has 0 spiro atoms. The number of carbonyl (C=O) groups is 3. The quantitative estimate of drug-likeness (QED) is 0.187. The van der Waals surface area contributed by atoms with Gasteiger partial charge in [0.2, 0.25) is 9.84 Å². The number of anilines is 2. The maximum Gasteiger partial charge on any atom is 0.253 e. The monoisotopic (exact) mass is 650 g/mol. The van der Waals surface area contributed by atoms with Gasteiger partial charge in [-0.05, 0) is 79.1 Å². The molecule has 2 amide bonds. The molecule has 0 aliphatic carbocycles. The lowest BCUT2D eigenvalue weighted by atomic mass is 10.1. The zero-order valence-corrected chi connectivity index (χ0v) is 27.2. The van der Waals surface area contributed by atoms with Crippen LogP contribution in [-0.4, -0.2) is 50.1 Å². The zero-order valence-electron chi connectivity index (χ0n) is 26.4. The minimum Gasteiger partial charge on any atom is -0.497 e. The first-order valence-corrected chi connectivity index (χ1v) is 16.2. The highest BCUT2D eigenvalue weighted by Gasteiger charge is 2.23. The maximum absolute atomic E-state index is 14.1. The number of benzene rings is 4. The molecule has 0 atom stereocenters. The Morgan fingerprint density at radius 2 is 1.64 bits per heavy atom. The van der Waals surface area contributed by atoms with Crippen molar-refractivity contribution in [2.45, 2.75) is 36.6 Å². The van der Waals surface area contributed by atoms with Gasteiger partial charge >= 0.3 is 0 Å². The number of fused-ring (bicyclic) bond motifs is 1. The van der Waals surface area contributed by atoms with E-state index in [1.807, 2.05) is 0 Å². The van der Waals surface area contributed by atoms with Crippen molar-refractivity contribution >= 4 is 49.7 Å². The molecule has 47 heavy (non-hydrogen) atoms. The number of hydrogen-bond donors (Lipinski definition) is 2. The zero-order chi connectivity index (χ0) is 33.9. The minimum absolute atomic E-state index is 0.00322. The first kappa shape index (κ1) is 32.8. The number of pyridine rings is 1. The molecular weight excluding hydrogens is 616 g/mol. The molecule has 0 saturated carbocycles. The number of primary amides is 1. The van der Waals surface area contributed by atoms with Crippen LogP contribution in [-0.2, 0) is 27.6 Å². The number of nitrogens with one attached hydrogen (secondary N) is 1. The van der Waals surface area contributed by atoms with Crippen LogP contribution in [0.5, 0.6) is 5.75 Å². The van der Waals surface area contributed by atoms with Gasteiger partial charge in [-0.2, -0.15) is 0 Å². The number of Topliss-reactive ketones (excluding diaryl/α,β-unsaturated/α-hetero) is 1. The highest BCUT2D eigenvalue weighted by atomic mass is 32.2. The number of amides is 2. The summed E-state index contributed by atoms with van der Waals surface area (Å²) in [5.41, 5.74) is 9.59. The number of carbonyl (C=O) groups excluding carboxylic acids is 3. The molecular formula is C36H34N4O6S. The van der Waals surface area contributed by atoms with Crippen molar-refractivity contribution in [3.05, 3.63) is 119 Å². The summed E-state index contributed by atoms with van der Waals surface area (Å²) in [6, 6.07) is 23.4. The van der Waals surface area contributed by atoms with Gasteiger partial charge in [-0.1, -0.05) is 30.3 Å². The molecule has 0 aliphatic rings. The standard InChI is InChI=1S/C36H34N4O6S/c1-22-14-30(19-31-33(22)38-20-32(35(37)42)34(31)39-27-11-7-12-28(18-27)46-4)47(44,45)29-13-6-9-25(17-29)21-40(3)36(43)26-10-5-8-24(16-26)15-23(2)41/h5-14,16-20H,15,21H2,1-4H3,(H2,37,42)(H,38,39). The van der Waals surface area contributed by atoms with Gasteiger partial charge in [0, 0.05) is 48.9 Å². The number of methoxy groups -OCH3 is 1. The van der Waals surface area contributed by atoms with Crippen LogP contribution in [0.2, 0.25) is 0 Å². The summed E-state index contributed by atoms with van der Waals surface area (Å²) < 4.78 is 33.4. The molecule has 10 nitrogen and oxygen atoms in total. The molecule has 0 bridgehead atoms. The molecule has 3 N–H and O–H groups in total. The van der Waals surface area contributed by atoms with E-state index in [4.69, 9.17) is 10.5 Å². The Morgan fingerprint density at radius 3 is 2.36 bits per heavy atom. The minimum atomic E-state index is -4.06. The number of ketones is 1. The fourth-order valence-corrected chi connectivity index (χ4v) is 6.83. The summed E-state index contributed by atoms with van der Waals surface area (Å²) in [4.78, 5) is 43.2. The van der Waals surface area contributed by atoms with Gasteiger partial charge in [0.05, 0.1) is 33.7 Å². The molecule has 240 valence electrons. The Kier molecular flexibility index (Phi) is 9.39. The predicted molar refractivity (Wildman–Crippen MR) is 180 cm³/mol. The average Bonchev–Trinajstić information content (AvgIpc) is 3.04. The number of sulfone groups is 1. The van der Waals surface area contributed by atoms with Crippen molar-refractivity contribution in [2.75, 3.05) is 19.5 Å². The first-order valence-electron chi connectivity index (χ1n) is 14.7. The second-order valence-electron chi connectivity index (χ2n) is 11.3. The van der Waals surface area contributed by atoms with Crippen molar-refractivity contribution < 1.29 is 27.5 Å². The van der Waals surface area contributed by atoms with E-state index in [0.29, 0.717) is 44.7 Å². The molecule has 5 aromatic rings. The normalized spacial score (nSPS) is 11.2. The summed E-state index contributed by atoms with van der Waals surface area (Å²) in [5.74, 6) is -0.408. The van der Waals surface area contributed by atoms with Crippen LogP contribution in [0.15, 0.2) is 101 Å². The molecule has 5 rings (SSSR count). The summed E-state index contributed by atoms with van der Waals surface area (Å²) >= 11 is 0. The maximum atomic E-state index is 14.1. The SMILES string of the molecule is COc1cccc(Nc2c(C(N)=O)cnc3c(C)cc(S(=O)(=O)c4cccc(CN(C)C(=O)c5cccc(CC(C)=O)c5)c4)cc23)c1. The van der Waals surface area contributed by atoms with Gasteiger partial charge in [0.25, 0.3) is 11.8 Å². The van der Waals surface area contributed by atoms with Crippen LogP contribution in [0.3, 0.4) is 0 Å². The van der Waals surface area contributed by atoms with E-state index >= 15 is 0 Å². The molecule has 11 heteroatoms. The van der Waals surface area contributed by atoms with E-state index in [2.05, 4.69) is 10.3 Å². The molecule has 0 radical (unpaired) electrons. The Balaban J connectivity index is 1.50. The molecule has 0 aliphatic heterocycles. The lowest BCUT2D eigenvalue weighted by Crippen LogP contribution is -2.26. The van der Waals surface area contributed by atoms with E-state index in [9.17, 15) is 22.8 Å². The lowest BCUT2D eigenvalue weighted by Gasteiger charge is -2.19. The fourth-order valence-electron chi connectivity index (χ4n) is 5.38. The van der Waals surface area contributed by atoms with E-state index in [1.54, 1.807) is 80.7 Å². The van der Waals surface area contributed by atoms with Gasteiger partial charge < -0.3 is 20.7 Å². The van der Waals surface area contributed by atoms with Crippen molar-refractivity contribution in [1.29, 1.82) is 0 Å². The third-order valence-electron chi connectivity index (χ3n) is 7.65. The number of aryl methyl sites for hydroxylation is 1. The summed E-state index contributed by atoms with van der Waals surface area (Å²) in [7, 11) is -0.889. The highest BCUT2D eigenvalue weighted by Crippen LogP contribution is 2.35. The molecule has 0 unspecified atom stereocenters. The largest absolute Gasteiger partial charge is 0.497 e. The lowest BCUT2D eigenvalue weighted by molar-refractivity contribution is -0.116. The third kappa shape index (κ3) is 7.15. The van der Waals surface area contributed by atoms with Crippen molar-refractivity contribution in [2.24, 2.45) is 5.73 Å². The molecule has 4 aromatic carbocycles. The van der Waals surface area contributed by atoms with Crippen molar-refractivity contribution in [3.63, 3.8) is 0 Å². The first-order chi connectivity index (χ1) is 22.4. The Labute approximate surface area is 273 Å². The van der Waals surface area contributed by atoms with E-state index < -0.39 is 15.7 Å². The van der Waals surface area contributed by atoms with Crippen molar-refractivity contribution in [3.8, 4) is 5.75 Å². The predicted octanol–water partition coefficient (Wildman–Crippen LogP) is 5.63. The Hall–Kier alpha value is -5.55. The number of nitrogens with zero attached hydrogens (tertiary/aromatic N) is 2. The fraction of sp³-hybridized carbons (Fsp3) is 0.167. The van der Waals surface area contributed by atoms with Crippen LogP contribution in [0, 0.1) is 6.92 Å². The molecule has 0 saturated heterocycles. The number of hydrogen-bond acceptors (Lipinski definition) is 8. The third-order valence-corrected chi connectivity index (χ3v) is 9.38. The van der Waals surface area contributed by atoms with Crippen molar-refractivity contribution in [1.82, 2.24) is 9.88 Å². The Bertz CT molecular complexity index is 2150. The van der Waals surface area contributed by atoms with Gasteiger partial charge in [-0.25, -0.2) is 8.42 Å². The van der Waals surface area contributed by atoms with Crippen LogP contribution in [0.1, 0.15) is 44.3 Å². The number of aromatic nitrogens is 1. The number of nitrogens with two attached hydrogens (primary N) is 1. The summed E-state index contributed by atoms with van der Waals surface area (Å²) in [6.07, 6.45) is 1.60. The van der Waals surface area contributed by atoms with Gasteiger partial charge in [0.15, 0.2) is 0 Å².